The van der Waals surface area contributed by atoms with Crippen LogP contribution in [0.5, 0.6) is 0 Å². The zero-order chi connectivity index (χ0) is 8.27. The average molecular weight is 372 g/mol. The molecule has 0 aliphatic carbocycles. The molecule has 0 aliphatic heterocycles. The molecule has 1 unspecified atom stereocenters. The summed E-state index contributed by atoms with van der Waals surface area (Å²) in [7, 11) is 0. The molecule has 11 heavy (non-hydrogen) atoms. The number of hydrogen-bond acceptors (Lipinski definition) is 0. The van der Waals surface area contributed by atoms with E-state index in [9.17, 15) is 0 Å². The summed E-state index contributed by atoms with van der Waals surface area (Å²) >= 11 is 4.90. The van der Waals surface area contributed by atoms with Gasteiger partial charge in [0.2, 0.25) is 0 Å². The van der Waals surface area contributed by atoms with Crippen molar-refractivity contribution in [2.75, 3.05) is 4.43 Å². The van der Waals surface area contributed by atoms with Crippen LogP contribution in [0.15, 0.2) is 24.3 Å². The van der Waals surface area contributed by atoms with E-state index in [4.69, 9.17) is 0 Å². The van der Waals surface area contributed by atoms with Gasteiger partial charge in [-0.05, 0) is 12.5 Å². The molecule has 0 N–H and O–H groups in total. The number of alkyl halides is 2. The molecule has 1 atom stereocenters. The van der Waals surface area contributed by atoms with Gasteiger partial charge >= 0.3 is 0 Å². The van der Waals surface area contributed by atoms with Gasteiger partial charge in [-0.25, -0.2) is 0 Å². The van der Waals surface area contributed by atoms with Crippen molar-refractivity contribution in [3.05, 3.63) is 35.4 Å². The highest BCUT2D eigenvalue weighted by Gasteiger charge is 2.03. The first-order valence-corrected chi connectivity index (χ1v) is 6.27. The van der Waals surface area contributed by atoms with E-state index >= 15 is 0 Å². The van der Waals surface area contributed by atoms with Crippen LogP contribution in [0.25, 0.3) is 0 Å². The molecule has 0 saturated carbocycles. The Morgan fingerprint density at radius 3 is 2.73 bits per heavy atom. The van der Waals surface area contributed by atoms with E-state index in [0.717, 1.165) is 0 Å². The van der Waals surface area contributed by atoms with Gasteiger partial charge in [-0.2, -0.15) is 0 Å². The van der Waals surface area contributed by atoms with Crippen LogP contribution in [0.1, 0.15) is 15.1 Å². The third-order valence-electron chi connectivity index (χ3n) is 1.54. The zero-order valence-electron chi connectivity index (χ0n) is 6.35. The molecule has 2 heteroatoms. The molecule has 0 saturated heterocycles. The number of hydrogen-bond donors (Lipinski definition) is 0. The van der Waals surface area contributed by atoms with Crippen molar-refractivity contribution in [3.63, 3.8) is 0 Å². The molecule has 0 radical (unpaired) electrons. The fraction of sp³-hybridized carbons (Fsp3) is 0.333. The van der Waals surface area contributed by atoms with E-state index in [1.165, 1.54) is 15.6 Å². The SMILES string of the molecule is Cc1cccc(C(I)CI)c1. The lowest BCUT2D eigenvalue weighted by atomic mass is 10.1. The fourth-order valence-electron chi connectivity index (χ4n) is 0.954. The summed E-state index contributed by atoms with van der Waals surface area (Å²) in [6.07, 6.45) is 0. The molecular formula is C9H10I2. The maximum absolute atomic E-state index is 2.48. The Bertz CT molecular complexity index is 233. The first-order valence-electron chi connectivity index (χ1n) is 3.50. The molecule has 0 aliphatic rings. The van der Waals surface area contributed by atoms with Crippen LogP contribution < -0.4 is 0 Å². The zero-order valence-corrected chi connectivity index (χ0v) is 10.7. The minimum Gasteiger partial charge on any atom is -0.0849 e. The molecule has 0 spiro atoms. The van der Waals surface area contributed by atoms with Crippen molar-refractivity contribution < 1.29 is 0 Å². The molecule has 1 aromatic rings. The van der Waals surface area contributed by atoms with Crippen molar-refractivity contribution in [2.45, 2.75) is 10.8 Å². The van der Waals surface area contributed by atoms with E-state index in [-0.39, 0.29) is 0 Å². The standard InChI is InChI=1S/C9H10I2/c1-7-3-2-4-8(5-7)9(11)6-10/h2-5,9H,6H2,1H3. The molecule has 0 heterocycles. The molecule has 0 amide bonds. The molecule has 60 valence electrons. The lowest BCUT2D eigenvalue weighted by molar-refractivity contribution is 1.18. The van der Waals surface area contributed by atoms with Crippen LogP contribution in [-0.4, -0.2) is 4.43 Å². The number of rotatable bonds is 2. The van der Waals surface area contributed by atoms with Crippen molar-refractivity contribution in [3.8, 4) is 0 Å². The van der Waals surface area contributed by atoms with Gasteiger partial charge in [0.25, 0.3) is 0 Å². The molecule has 0 aromatic heterocycles. The summed E-state index contributed by atoms with van der Waals surface area (Å²) in [6, 6.07) is 8.72. The normalized spacial score (nSPS) is 13.0. The van der Waals surface area contributed by atoms with Gasteiger partial charge in [0, 0.05) is 8.35 Å². The first-order chi connectivity index (χ1) is 5.24. The van der Waals surface area contributed by atoms with Gasteiger partial charge in [-0.3, -0.25) is 0 Å². The number of halogens is 2. The van der Waals surface area contributed by atoms with Crippen LogP contribution >= 0.6 is 45.2 Å². The largest absolute Gasteiger partial charge is 0.0849 e. The van der Waals surface area contributed by atoms with Gasteiger partial charge in [0.15, 0.2) is 0 Å². The predicted octanol–water partition coefficient (Wildman–Crippen LogP) is 3.91. The molecular weight excluding hydrogens is 362 g/mol. The monoisotopic (exact) mass is 372 g/mol. The van der Waals surface area contributed by atoms with Crippen molar-refractivity contribution >= 4 is 45.2 Å². The Labute approximate surface area is 95.0 Å². The summed E-state index contributed by atoms with van der Waals surface area (Å²) in [6.45, 7) is 2.14. The second kappa shape index (κ2) is 4.64. The molecule has 0 bridgehead atoms. The minimum absolute atomic E-state index is 0.660. The molecule has 0 nitrogen and oxygen atoms in total. The summed E-state index contributed by atoms with van der Waals surface area (Å²) in [5.41, 5.74) is 2.80. The van der Waals surface area contributed by atoms with E-state index in [0.29, 0.717) is 3.92 Å². The fourth-order valence-corrected chi connectivity index (χ4v) is 1.85. The van der Waals surface area contributed by atoms with Gasteiger partial charge in [0.05, 0.1) is 0 Å². The first kappa shape index (κ1) is 9.77. The lowest BCUT2D eigenvalue weighted by Crippen LogP contribution is -1.89. The van der Waals surface area contributed by atoms with Crippen LogP contribution in [0.4, 0.5) is 0 Å². The minimum atomic E-state index is 0.660. The third-order valence-corrected chi connectivity index (χ3v) is 5.26. The van der Waals surface area contributed by atoms with Crippen LogP contribution in [0.2, 0.25) is 0 Å². The Hall–Kier alpha value is 0.680. The van der Waals surface area contributed by atoms with Gasteiger partial charge < -0.3 is 0 Å². The summed E-state index contributed by atoms with van der Waals surface area (Å²) in [5.74, 6) is 0. The second-order valence-corrected chi connectivity index (χ2v) is 4.92. The highest BCUT2D eigenvalue weighted by molar-refractivity contribution is 14.1. The van der Waals surface area contributed by atoms with Crippen LogP contribution in [-0.2, 0) is 0 Å². The molecule has 1 aromatic carbocycles. The van der Waals surface area contributed by atoms with E-state index < -0.39 is 0 Å². The van der Waals surface area contributed by atoms with Crippen molar-refractivity contribution in [1.82, 2.24) is 0 Å². The van der Waals surface area contributed by atoms with E-state index in [2.05, 4.69) is 76.4 Å². The lowest BCUT2D eigenvalue weighted by Gasteiger charge is -2.06. The maximum Gasteiger partial charge on any atom is 0.0449 e. The van der Waals surface area contributed by atoms with Crippen LogP contribution in [0.3, 0.4) is 0 Å². The number of benzene rings is 1. The Morgan fingerprint density at radius 1 is 1.45 bits per heavy atom. The smallest absolute Gasteiger partial charge is 0.0449 e. The van der Waals surface area contributed by atoms with Crippen molar-refractivity contribution in [1.29, 1.82) is 0 Å². The van der Waals surface area contributed by atoms with E-state index in [1.807, 2.05) is 0 Å². The van der Waals surface area contributed by atoms with Crippen molar-refractivity contribution in [2.24, 2.45) is 0 Å². The summed E-state index contributed by atoms with van der Waals surface area (Å²) in [5, 5.41) is 0. The quantitative estimate of drug-likeness (QED) is 0.546. The average Bonchev–Trinajstić information content (AvgIpc) is 2.03. The second-order valence-electron chi connectivity index (χ2n) is 2.54. The molecule has 0 fully saturated rings. The topological polar surface area (TPSA) is 0 Å². The summed E-state index contributed by atoms with van der Waals surface area (Å²) < 4.78 is 1.84. The highest BCUT2D eigenvalue weighted by atomic mass is 127. The van der Waals surface area contributed by atoms with Gasteiger partial charge in [-0.1, -0.05) is 75.0 Å². The Morgan fingerprint density at radius 2 is 2.18 bits per heavy atom. The highest BCUT2D eigenvalue weighted by Crippen LogP contribution is 2.25. The molecule has 1 rings (SSSR count). The number of aryl methyl sites for hydroxylation is 1. The van der Waals surface area contributed by atoms with Gasteiger partial charge in [0.1, 0.15) is 0 Å². The maximum atomic E-state index is 2.48. The van der Waals surface area contributed by atoms with Crippen LogP contribution in [0, 0.1) is 6.92 Å². The Kier molecular flexibility index (Phi) is 4.12. The summed E-state index contributed by atoms with van der Waals surface area (Å²) in [4.78, 5) is 0. The van der Waals surface area contributed by atoms with Gasteiger partial charge in [-0.15, -0.1) is 0 Å². The third kappa shape index (κ3) is 2.89. The predicted molar refractivity (Wildman–Crippen MR) is 66.8 cm³/mol. The Balaban J connectivity index is 2.86. The van der Waals surface area contributed by atoms with E-state index in [1.54, 1.807) is 0 Å².